The zero-order chi connectivity index (χ0) is 8.43. The van der Waals surface area contributed by atoms with E-state index in [1.807, 2.05) is 0 Å². The average Bonchev–Trinajstić information content (AvgIpc) is 2.09. The van der Waals surface area contributed by atoms with Gasteiger partial charge in [-0.2, -0.15) is 0 Å². The summed E-state index contributed by atoms with van der Waals surface area (Å²) in [5, 5.41) is 9.16. The SMILES string of the molecule is CC(C)CC1OC(O)CC1C. The fourth-order valence-corrected chi connectivity index (χ4v) is 1.61. The third-order valence-corrected chi connectivity index (χ3v) is 2.24. The van der Waals surface area contributed by atoms with Crippen molar-refractivity contribution in [2.45, 2.75) is 46.0 Å². The molecule has 0 aliphatic carbocycles. The predicted octanol–water partition coefficient (Wildman–Crippen LogP) is 1.78. The summed E-state index contributed by atoms with van der Waals surface area (Å²) in [7, 11) is 0. The molecule has 1 aliphatic rings. The Morgan fingerprint density at radius 3 is 2.55 bits per heavy atom. The summed E-state index contributed by atoms with van der Waals surface area (Å²) in [4.78, 5) is 0. The molecule has 0 radical (unpaired) electrons. The third kappa shape index (κ3) is 2.46. The summed E-state index contributed by atoms with van der Waals surface area (Å²) in [6.07, 6.45) is 1.65. The van der Waals surface area contributed by atoms with E-state index in [0.717, 1.165) is 12.8 Å². The van der Waals surface area contributed by atoms with Crippen molar-refractivity contribution in [3.63, 3.8) is 0 Å². The van der Waals surface area contributed by atoms with Gasteiger partial charge in [-0.1, -0.05) is 20.8 Å². The second-order valence-electron chi connectivity index (χ2n) is 3.97. The molecule has 3 atom stereocenters. The number of aliphatic hydroxyl groups is 1. The van der Waals surface area contributed by atoms with Crippen LogP contribution < -0.4 is 0 Å². The van der Waals surface area contributed by atoms with Crippen LogP contribution in [0, 0.1) is 11.8 Å². The molecule has 0 spiro atoms. The molecule has 1 N–H and O–H groups in total. The first-order valence-corrected chi connectivity index (χ1v) is 4.43. The van der Waals surface area contributed by atoms with Gasteiger partial charge in [-0.15, -0.1) is 0 Å². The lowest BCUT2D eigenvalue weighted by molar-refractivity contribution is -0.0958. The van der Waals surface area contributed by atoms with Crippen LogP contribution in [0.3, 0.4) is 0 Å². The second-order valence-corrected chi connectivity index (χ2v) is 3.97. The van der Waals surface area contributed by atoms with E-state index in [-0.39, 0.29) is 6.10 Å². The average molecular weight is 158 g/mol. The van der Waals surface area contributed by atoms with E-state index in [0.29, 0.717) is 11.8 Å². The minimum Gasteiger partial charge on any atom is -0.368 e. The maximum Gasteiger partial charge on any atom is 0.155 e. The van der Waals surface area contributed by atoms with Crippen LogP contribution in [0.2, 0.25) is 0 Å². The first-order chi connectivity index (χ1) is 5.09. The van der Waals surface area contributed by atoms with Crippen molar-refractivity contribution < 1.29 is 9.84 Å². The van der Waals surface area contributed by atoms with E-state index >= 15 is 0 Å². The summed E-state index contributed by atoms with van der Waals surface area (Å²) < 4.78 is 5.34. The van der Waals surface area contributed by atoms with Gasteiger partial charge in [0.15, 0.2) is 6.29 Å². The van der Waals surface area contributed by atoms with Gasteiger partial charge in [-0.25, -0.2) is 0 Å². The van der Waals surface area contributed by atoms with Crippen LogP contribution >= 0.6 is 0 Å². The zero-order valence-electron chi connectivity index (χ0n) is 7.58. The molecule has 1 aliphatic heterocycles. The highest BCUT2D eigenvalue weighted by Crippen LogP contribution is 2.28. The molecule has 11 heavy (non-hydrogen) atoms. The van der Waals surface area contributed by atoms with E-state index in [9.17, 15) is 0 Å². The number of aliphatic hydroxyl groups excluding tert-OH is 1. The second kappa shape index (κ2) is 3.55. The number of hydrogen-bond acceptors (Lipinski definition) is 2. The van der Waals surface area contributed by atoms with Crippen molar-refractivity contribution in [1.82, 2.24) is 0 Å². The number of hydrogen-bond donors (Lipinski definition) is 1. The topological polar surface area (TPSA) is 29.5 Å². The van der Waals surface area contributed by atoms with E-state index in [4.69, 9.17) is 9.84 Å². The normalized spacial score (nSPS) is 38.5. The Bertz CT molecular complexity index is 123. The van der Waals surface area contributed by atoms with Gasteiger partial charge in [0.1, 0.15) is 0 Å². The van der Waals surface area contributed by atoms with Crippen molar-refractivity contribution in [3.8, 4) is 0 Å². The molecule has 2 heteroatoms. The maximum atomic E-state index is 9.16. The maximum absolute atomic E-state index is 9.16. The van der Waals surface area contributed by atoms with Crippen LogP contribution in [0.25, 0.3) is 0 Å². The van der Waals surface area contributed by atoms with Gasteiger partial charge in [0.2, 0.25) is 0 Å². The first-order valence-electron chi connectivity index (χ1n) is 4.43. The molecule has 1 fully saturated rings. The minimum absolute atomic E-state index is 0.282. The predicted molar refractivity (Wildman–Crippen MR) is 44.1 cm³/mol. The van der Waals surface area contributed by atoms with E-state index in [2.05, 4.69) is 20.8 Å². The molecule has 0 amide bonds. The van der Waals surface area contributed by atoms with Crippen LogP contribution in [0.4, 0.5) is 0 Å². The number of rotatable bonds is 2. The quantitative estimate of drug-likeness (QED) is 0.663. The molecule has 3 unspecified atom stereocenters. The monoisotopic (exact) mass is 158 g/mol. The van der Waals surface area contributed by atoms with E-state index < -0.39 is 6.29 Å². The summed E-state index contributed by atoms with van der Waals surface area (Å²) >= 11 is 0. The van der Waals surface area contributed by atoms with Crippen LogP contribution in [0.5, 0.6) is 0 Å². The van der Waals surface area contributed by atoms with E-state index in [1.54, 1.807) is 0 Å². The van der Waals surface area contributed by atoms with Crippen molar-refractivity contribution in [1.29, 1.82) is 0 Å². The first kappa shape index (κ1) is 9.01. The molecule has 1 heterocycles. The summed E-state index contributed by atoms with van der Waals surface area (Å²) in [5.74, 6) is 1.18. The smallest absolute Gasteiger partial charge is 0.155 e. The van der Waals surface area contributed by atoms with Gasteiger partial charge in [0.05, 0.1) is 6.10 Å². The molecule has 0 bridgehead atoms. The van der Waals surface area contributed by atoms with Crippen molar-refractivity contribution in [2.75, 3.05) is 0 Å². The van der Waals surface area contributed by atoms with Crippen molar-refractivity contribution in [2.24, 2.45) is 11.8 Å². The molecular weight excluding hydrogens is 140 g/mol. The van der Waals surface area contributed by atoms with Crippen LogP contribution in [0.15, 0.2) is 0 Å². The van der Waals surface area contributed by atoms with Gasteiger partial charge < -0.3 is 9.84 Å². The Hall–Kier alpha value is -0.0800. The molecule has 0 aromatic rings. The Morgan fingerprint density at radius 1 is 1.55 bits per heavy atom. The zero-order valence-corrected chi connectivity index (χ0v) is 7.58. The third-order valence-electron chi connectivity index (χ3n) is 2.24. The lowest BCUT2D eigenvalue weighted by Gasteiger charge is -2.16. The molecule has 1 saturated heterocycles. The standard InChI is InChI=1S/C9H18O2/c1-6(2)4-8-7(3)5-9(10)11-8/h6-10H,4-5H2,1-3H3. The van der Waals surface area contributed by atoms with Gasteiger partial charge in [-0.3, -0.25) is 0 Å². The lowest BCUT2D eigenvalue weighted by atomic mass is 9.96. The Balaban J connectivity index is 2.34. The largest absolute Gasteiger partial charge is 0.368 e. The molecule has 0 saturated carbocycles. The van der Waals surface area contributed by atoms with Crippen molar-refractivity contribution in [3.05, 3.63) is 0 Å². The molecule has 1 rings (SSSR count). The molecular formula is C9H18O2. The van der Waals surface area contributed by atoms with Gasteiger partial charge >= 0.3 is 0 Å². The minimum atomic E-state index is -0.506. The van der Waals surface area contributed by atoms with Gasteiger partial charge in [0.25, 0.3) is 0 Å². The molecule has 0 aromatic carbocycles. The summed E-state index contributed by atoms with van der Waals surface area (Å²) in [5.41, 5.74) is 0. The summed E-state index contributed by atoms with van der Waals surface area (Å²) in [6.45, 7) is 6.50. The highest BCUT2D eigenvalue weighted by atomic mass is 16.6. The fourth-order valence-electron chi connectivity index (χ4n) is 1.61. The van der Waals surface area contributed by atoms with Crippen LogP contribution in [-0.4, -0.2) is 17.5 Å². The van der Waals surface area contributed by atoms with E-state index in [1.165, 1.54) is 0 Å². The fraction of sp³-hybridized carbons (Fsp3) is 1.00. The van der Waals surface area contributed by atoms with Crippen LogP contribution in [0.1, 0.15) is 33.6 Å². The Kier molecular flexibility index (Phi) is 2.90. The molecule has 0 aromatic heterocycles. The summed E-state index contributed by atoms with van der Waals surface area (Å²) in [6, 6.07) is 0. The number of ether oxygens (including phenoxy) is 1. The van der Waals surface area contributed by atoms with Gasteiger partial charge in [-0.05, 0) is 18.3 Å². The van der Waals surface area contributed by atoms with Crippen molar-refractivity contribution >= 4 is 0 Å². The Labute approximate surface area is 68.6 Å². The van der Waals surface area contributed by atoms with Crippen LogP contribution in [-0.2, 0) is 4.74 Å². The Morgan fingerprint density at radius 2 is 2.18 bits per heavy atom. The highest BCUT2D eigenvalue weighted by molar-refractivity contribution is 4.75. The molecule has 2 nitrogen and oxygen atoms in total. The lowest BCUT2D eigenvalue weighted by Crippen LogP contribution is -2.16. The highest BCUT2D eigenvalue weighted by Gasteiger charge is 2.30. The molecule has 66 valence electrons. The van der Waals surface area contributed by atoms with Gasteiger partial charge in [0, 0.05) is 6.42 Å².